The van der Waals surface area contributed by atoms with E-state index in [4.69, 9.17) is 4.74 Å². The van der Waals surface area contributed by atoms with Crippen molar-refractivity contribution in [3.63, 3.8) is 0 Å². The second kappa shape index (κ2) is 5.64. The van der Waals surface area contributed by atoms with Crippen molar-refractivity contribution in [1.29, 1.82) is 0 Å². The highest BCUT2D eigenvalue weighted by Gasteiger charge is 2.27. The van der Waals surface area contributed by atoms with E-state index in [9.17, 15) is 4.39 Å². The first-order valence-corrected chi connectivity index (χ1v) is 8.27. The summed E-state index contributed by atoms with van der Waals surface area (Å²) in [5.41, 5.74) is 6.87. The first-order valence-electron chi connectivity index (χ1n) is 8.27. The number of aromatic nitrogens is 1. The van der Waals surface area contributed by atoms with Crippen molar-refractivity contribution < 1.29 is 9.13 Å². The molecule has 0 amide bonds. The summed E-state index contributed by atoms with van der Waals surface area (Å²) in [5.74, 6) is 0.691. The molecule has 24 heavy (non-hydrogen) atoms. The number of benzene rings is 2. The van der Waals surface area contributed by atoms with Crippen LogP contribution >= 0.6 is 0 Å². The maximum absolute atomic E-state index is 13.7. The Balaban J connectivity index is 1.91. The number of H-pyrrole nitrogens is 1. The van der Waals surface area contributed by atoms with Crippen LogP contribution in [0.5, 0.6) is 5.75 Å². The van der Waals surface area contributed by atoms with Crippen molar-refractivity contribution in [2.75, 3.05) is 13.7 Å². The first-order chi connectivity index (χ1) is 11.6. The van der Waals surface area contributed by atoms with E-state index in [1.807, 2.05) is 6.07 Å². The van der Waals surface area contributed by atoms with Gasteiger partial charge in [-0.1, -0.05) is 6.07 Å². The van der Waals surface area contributed by atoms with E-state index in [1.165, 1.54) is 22.8 Å². The zero-order chi connectivity index (χ0) is 16.8. The Labute approximate surface area is 140 Å². The number of nitrogens with one attached hydrogen (secondary N) is 2. The number of aryl methyl sites for hydroxylation is 2. The van der Waals surface area contributed by atoms with Gasteiger partial charge in [0.05, 0.1) is 13.2 Å². The number of ether oxygens (including phenoxy) is 1. The van der Waals surface area contributed by atoms with E-state index in [2.05, 4.69) is 36.3 Å². The summed E-state index contributed by atoms with van der Waals surface area (Å²) in [6.07, 6.45) is 0.891. The van der Waals surface area contributed by atoms with Crippen molar-refractivity contribution in [3.8, 4) is 5.75 Å². The van der Waals surface area contributed by atoms with E-state index >= 15 is 0 Å². The van der Waals surface area contributed by atoms with Gasteiger partial charge < -0.3 is 15.0 Å². The van der Waals surface area contributed by atoms with E-state index in [0.29, 0.717) is 0 Å². The predicted molar refractivity (Wildman–Crippen MR) is 94.3 cm³/mol. The average Bonchev–Trinajstić information content (AvgIpc) is 2.95. The normalized spacial score (nSPS) is 17.1. The molecule has 1 aliphatic heterocycles. The smallest absolute Gasteiger partial charge is 0.124 e. The summed E-state index contributed by atoms with van der Waals surface area (Å²) >= 11 is 0. The maximum Gasteiger partial charge on any atom is 0.124 e. The van der Waals surface area contributed by atoms with Gasteiger partial charge in [0, 0.05) is 28.7 Å². The van der Waals surface area contributed by atoms with E-state index < -0.39 is 0 Å². The summed E-state index contributed by atoms with van der Waals surface area (Å²) in [6.45, 7) is 5.06. The molecule has 0 saturated carbocycles. The SMILES string of the molecule is COc1cc(C)c(C)cc1C1NCCc2c1[nH]c1ccc(F)cc21. The second-order valence-corrected chi connectivity index (χ2v) is 6.52. The lowest BCUT2D eigenvalue weighted by molar-refractivity contribution is 0.401. The average molecular weight is 324 g/mol. The highest BCUT2D eigenvalue weighted by atomic mass is 19.1. The summed E-state index contributed by atoms with van der Waals surface area (Å²) in [4.78, 5) is 3.49. The molecule has 1 aromatic heterocycles. The molecule has 4 heteroatoms. The number of halogens is 1. The number of aromatic amines is 1. The third-order valence-corrected chi connectivity index (χ3v) is 5.07. The number of hydrogen-bond donors (Lipinski definition) is 2. The molecule has 2 heterocycles. The Morgan fingerprint density at radius 2 is 1.92 bits per heavy atom. The first kappa shape index (κ1) is 15.2. The van der Waals surface area contributed by atoms with Gasteiger partial charge in [-0.25, -0.2) is 4.39 Å². The molecule has 2 N–H and O–H groups in total. The Kier molecular flexibility index (Phi) is 3.57. The topological polar surface area (TPSA) is 37.0 Å². The van der Waals surface area contributed by atoms with Crippen LogP contribution in [0, 0.1) is 19.7 Å². The summed E-state index contributed by atoms with van der Waals surface area (Å²) < 4.78 is 19.3. The fourth-order valence-electron chi connectivity index (χ4n) is 3.68. The van der Waals surface area contributed by atoms with Crippen LogP contribution in [0.1, 0.15) is 34.0 Å². The van der Waals surface area contributed by atoms with Crippen molar-refractivity contribution >= 4 is 10.9 Å². The summed E-state index contributed by atoms with van der Waals surface area (Å²) in [7, 11) is 1.71. The zero-order valence-corrected chi connectivity index (χ0v) is 14.2. The second-order valence-electron chi connectivity index (χ2n) is 6.52. The molecule has 3 aromatic rings. The highest BCUT2D eigenvalue weighted by Crippen LogP contribution is 2.38. The van der Waals surface area contributed by atoms with Gasteiger partial charge in [0.15, 0.2) is 0 Å². The van der Waals surface area contributed by atoms with Crippen molar-refractivity contribution in [2.24, 2.45) is 0 Å². The van der Waals surface area contributed by atoms with Crippen molar-refractivity contribution in [2.45, 2.75) is 26.3 Å². The Hall–Kier alpha value is -2.33. The summed E-state index contributed by atoms with van der Waals surface area (Å²) in [6, 6.07) is 9.25. The van der Waals surface area contributed by atoms with Gasteiger partial charge in [0.1, 0.15) is 11.6 Å². The molecule has 0 radical (unpaired) electrons. The lowest BCUT2D eigenvalue weighted by Crippen LogP contribution is -2.30. The molecule has 1 atom stereocenters. The molecule has 4 rings (SSSR count). The van der Waals surface area contributed by atoms with Crippen LogP contribution in [0.15, 0.2) is 30.3 Å². The van der Waals surface area contributed by atoms with Gasteiger partial charge in [-0.3, -0.25) is 0 Å². The van der Waals surface area contributed by atoms with Gasteiger partial charge in [0.25, 0.3) is 0 Å². The van der Waals surface area contributed by atoms with E-state index in [1.54, 1.807) is 13.2 Å². The monoisotopic (exact) mass is 324 g/mol. The molecule has 124 valence electrons. The minimum Gasteiger partial charge on any atom is -0.496 e. The van der Waals surface area contributed by atoms with Gasteiger partial charge in [-0.05, 0) is 61.2 Å². The number of methoxy groups -OCH3 is 1. The minimum absolute atomic E-state index is 0.0264. The molecule has 1 aliphatic rings. The lowest BCUT2D eigenvalue weighted by Gasteiger charge is -2.27. The lowest BCUT2D eigenvalue weighted by atomic mass is 9.92. The highest BCUT2D eigenvalue weighted by molar-refractivity contribution is 5.85. The zero-order valence-electron chi connectivity index (χ0n) is 14.2. The third-order valence-electron chi connectivity index (χ3n) is 5.07. The largest absolute Gasteiger partial charge is 0.496 e. The third kappa shape index (κ3) is 2.29. The predicted octanol–water partition coefficient (Wildman–Crippen LogP) is 4.17. The van der Waals surface area contributed by atoms with Crippen LogP contribution < -0.4 is 10.1 Å². The Bertz CT molecular complexity index is 929. The number of rotatable bonds is 2. The minimum atomic E-state index is -0.192. The fourth-order valence-corrected chi connectivity index (χ4v) is 3.68. The Morgan fingerprint density at radius 3 is 2.71 bits per heavy atom. The molecule has 0 fully saturated rings. The van der Waals surface area contributed by atoms with Crippen molar-refractivity contribution in [3.05, 3.63) is 64.1 Å². The molecule has 0 aliphatic carbocycles. The van der Waals surface area contributed by atoms with Gasteiger partial charge in [-0.2, -0.15) is 0 Å². The van der Waals surface area contributed by atoms with Gasteiger partial charge in [0.2, 0.25) is 0 Å². The van der Waals surface area contributed by atoms with Crippen LogP contribution in [0.3, 0.4) is 0 Å². The van der Waals surface area contributed by atoms with E-state index in [-0.39, 0.29) is 11.9 Å². The van der Waals surface area contributed by atoms with E-state index in [0.717, 1.165) is 40.9 Å². The van der Waals surface area contributed by atoms with Crippen LogP contribution in [0.4, 0.5) is 4.39 Å². The van der Waals surface area contributed by atoms with Crippen LogP contribution in [-0.4, -0.2) is 18.6 Å². The molecular formula is C20H21FN2O. The van der Waals surface area contributed by atoms with Gasteiger partial charge in [-0.15, -0.1) is 0 Å². The molecular weight excluding hydrogens is 303 g/mol. The van der Waals surface area contributed by atoms with Gasteiger partial charge >= 0.3 is 0 Å². The number of fused-ring (bicyclic) bond motifs is 3. The molecule has 3 nitrogen and oxygen atoms in total. The fraction of sp³-hybridized carbons (Fsp3) is 0.300. The molecule has 0 bridgehead atoms. The van der Waals surface area contributed by atoms with Crippen LogP contribution in [0.2, 0.25) is 0 Å². The quantitative estimate of drug-likeness (QED) is 0.742. The summed E-state index contributed by atoms with van der Waals surface area (Å²) in [5, 5.41) is 4.57. The Morgan fingerprint density at radius 1 is 1.12 bits per heavy atom. The molecule has 0 spiro atoms. The van der Waals surface area contributed by atoms with Crippen LogP contribution in [0.25, 0.3) is 10.9 Å². The van der Waals surface area contributed by atoms with Crippen molar-refractivity contribution in [1.82, 2.24) is 10.3 Å². The van der Waals surface area contributed by atoms with Crippen LogP contribution in [-0.2, 0) is 6.42 Å². The molecule has 0 saturated heterocycles. The molecule has 1 unspecified atom stereocenters. The standard InChI is InChI=1S/C20H21FN2O/c1-11-8-16(18(24-3)9-12(11)2)19-20-14(6-7-22-19)15-10-13(21)4-5-17(15)23-20/h4-5,8-10,19,22-23H,6-7H2,1-3H3. The molecule has 2 aromatic carbocycles. The maximum atomic E-state index is 13.7. The number of hydrogen-bond acceptors (Lipinski definition) is 2.